The number of carbonyl (C=O) groups excluding carboxylic acids is 1. The lowest BCUT2D eigenvalue weighted by molar-refractivity contribution is 0.0526. The Hall–Kier alpha value is -2.66. The maximum Gasteiger partial charge on any atom is 0.338 e. The van der Waals surface area contributed by atoms with Gasteiger partial charge in [0.05, 0.1) is 28.4 Å². The number of nitrogens with zero attached hydrogens (tertiary/aromatic N) is 1. The summed E-state index contributed by atoms with van der Waals surface area (Å²) in [7, 11) is 0. The highest BCUT2D eigenvalue weighted by Gasteiger charge is 2.13. The molecule has 0 radical (unpaired) electrons. The number of hydrogen-bond donors (Lipinski definition) is 1. The van der Waals surface area contributed by atoms with Crippen LogP contribution in [0, 0.1) is 0 Å². The van der Waals surface area contributed by atoms with Gasteiger partial charge in [0.1, 0.15) is 5.75 Å². The minimum absolute atomic E-state index is 0.264. The van der Waals surface area contributed by atoms with E-state index in [9.17, 15) is 9.90 Å². The first-order valence-corrected chi connectivity index (χ1v) is 8.45. The van der Waals surface area contributed by atoms with Crippen LogP contribution in [0.15, 0.2) is 53.5 Å². The molecule has 0 fully saturated rings. The molecule has 4 nitrogen and oxygen atoms in total. The summed E-state index contributed by atoms with van der Waals surface area (Å²) in [5.74, 6) is -0.0769. The van der Waals surface area contributed by atoms with Crippen molar-refractivity contribution in [2.24, 2.45) is 4.99 Å². The van der Waals surface area contributed by atoms with Crippen LogP contribution in [0.5, 0.6) is 5.75 Å². The van der Waals surface area contributed by atoms with Gasteiger partial charge in [-0.3, -0.25) is 4.99 Å². The lowest BCUT2D eigenvalue weighted by Crippen LogP contribution is -2.03. The number of fused-ring (bicyclic) bond motifs is 1. The van der Waals surface area contributed by atoms with Crippen LogP contribution in [-0.4, -0.2) is 23.4 Å². The molecular weight excluding hydrogens is 322 g/mol. The molecule has 1 aromatic heterocycles. The summed E-state index contributed by atoms with van der Waals surface area (Å²) in [5.41, 5.74) is 1.95. The third-order valence-electron chi connectivity index (χ3n) is 3.57. The first-order valence-electron chi connectivity index (χ1n) is 7.63. The normalized spacial score (nSPS) is 11.7. The zero-order chi connectivity index (χ0) is 17.1. The van der Waals surface area contributed by atoms with E-state index < -0.39 is 0 Å². The quantitative estimate of drug-likeness (QED) is 0.542. The van der Waals surface area contributed by atoms with Gasteiger partial charge in [-0.05, 0) is 50.2 Å². The summed E-state index contributed by atoms with van der Waals surface area (Å²) in [4.78, 5) is 17.0. The maximum absolute atomic E-state index is 11.7. The third-order valence-corrected chi connectivity index (χ3v) is 4.84. The molecule has 2 aromatic carbocycles. The van der Waals surface area contributed by atoms with Crippen molar-refractivity contribution >= 4 is 38.8 Å². The molecule has 0 atom stereocenters. The molecule has 0 aliphatic carbocycles. The minimum Gasteiger partial charge on any atom is -0.506 e. The van der Waals surface area contributed by atoms with Crippen LogP contribution >= 0.6 is 11.3 Å². The van der Waals surface area contributed by atoms with Gasteiger partial charge in [0.25, 0.3) is 0 Å². The maximum atomic E-state index is 11.7. The Morgan fingerprint density at radius 1 is 1.17 bits per heavy atom. The highest BCUT2D eigenvalue weighted by molar-refractivity contribution is 7.21. The predicted octanol–water partition coefficient (Wildman–Crippen LogP) is 4.92. The molecule has 0 saturated carbocycles. The van der Waals surface area contributed by atoms with Crippen molar-refractivity contribution in [1.29, 1.82) is 0 Å². The zero-order valence-electron chi connectivity index (χ0n) is 13.4. The van der Waals surface area contributed by atoms with Crippen LogP contribution in [0.1, 0.15) is 29.1 Å². The molecule has 0 bridgehead atoms. The number of aromatic hydroxyl groups is 1. The van der Waals surface area contributed by atoms with Gasteiger partial charge in [-0.1, -0.05) is 12.1 Å². The van der Waals surface area contributed by atoms with E-state index in [-0.39, 0.29) is 11.7 Å². The van der Waals surface area contributed by atoms with Crippen LogP contribution in [0.4, 0.5) is 5.69 Å². The van der Waals surface area contributed by atoms with Gasteiger partial charge >= 0.3 is 5.97 Å². The standard InChI is InChI=1S/C19H17NO3S/c1-3-23-19(22)13-8-10-14(11-9-13)20-12(2)18-17(21)15-6-4-5-7-16(15)24-18/h4-11,21H,3H2,1-2H3. The lowest BCUT2D eigenvalue weighted by Gasteiger charge is -2.03. The van der Waals surface area contributed by atoms with E-state index in [2.05, 4.69) is 4.99 Å². The van der Waals surface area contributed by atoms with E-state index in [0.29, 0.717) is 12.2 Å². The highest BCUT2D eigenvalue weighted by atomic mass is 32.1. The summed E-state index contributed by atoms with van der Waals surface area (Å²) in [6, 6.07) is 14.6. The molecule has 1 heterocycles. The van der Waals surface area contributed by atoms with Crippen molar-refractivity contribution in [2.45, 2.75) is 13.8 Å². The minimum atomic E-state index is -0.341. The molecule has 0 aliphatic heterocycles. The molecule has 122 valence electrons. The van der Waals surface area contributed by atoms with E-state index in [1.54, 1.807) is 31.2 Å². The van der Waals surface area contributed by atoms with E-state index in [1.165, 1.54) is 11.3 Å². The SMILES string of the molecule is CCOC(=O)c1ccc(N=C(C)c2sc3ccccc3c2O)cc1. The summed E-state index contributed by atoms with van der Waals surface area (Å²) in [6.45, 7) is 3.99. The Bertz CT molecular complexity index is 910. The van der Waals surface area contributed by atoms with Crippen molar-refractivity contribution in [2.75, 3.05) is 6.61 Å². The summed E-state index contributed by atoms with van der Waals surface area (Å²) in [6.07, 6.45) is 0. The molecule has 0 amide bonds. The van der Waals surface area contributed by atoms with Crippen LogP contribution in [0.3, 0.4) is 0 Å². The Kier molecular flexibility index (Phi) is 4.62. The largest absolute Gasteiger partial charge is 0.506 e. The average Bonchev–Trinajstić information content (AvgIpc) is 2.93. The number of hydrogen-bond acceptors (Lipinski definition) is 5. The van der Waals surface area contributed by atoms with Gasteiger partial charge in [-0.25, -0.2) is 4.79 Å². The van der Waals surface area contributed by atoms with Crippen LogP contribution in [-0.2, 0) is 4.74 Å². The number of aliphatic imine (C=N–C) groups is 1. The molecule has 0 unspecified atom stereocenters. The fourth-order valence-corrected chi connectivity index (χ4v) is 3.45. The van der Waals surface area contributed by atoms with E-state index >= 15 is 0 Å². The summed E-state index contributed by atoms with van der Waals surface area (Å²) in [5, 5.41) is 11.2. The molecule has 3 aromatic rings. The van der Waals surface area contributed by atoms with Gasteiger partial charge < -0.3 is 9.84 Å². The van der Waals surface area contributed by atoms with Crippen LogP contribution in [0.2, 0.25) is 0 Å². The highest BCUT2D eigenvalue weighted by Crippen LogP contribution is 2.37. The van der Waals surface area contributed by atoms with Gasteiger partial charge in [0.2, 0.25) is 0 Å². The average molecular weight is 339 g/mol. The van der Waals surface area contributed by atoms with Crippen molar-refractivity contribution in [1.82, 2.24) is 0 Å². The van der Waals surface area contributed by atoms with E-state index in [1.807, 2.05) is 31.2 Å². The van der Waals surface area contributed by atoms with Gasteiger partial charge in [0, 0.05) is 10.1 Å². The molecule has 0 aliphatic rings. The predicted molar refractivity (Wildman–Crippen MR) is 97.8 cm³/mol. The molecule has 24 heavy (non-hydrogen) atoms. The molecule has 3 rings (SSSR count). The summed E-state index contributed by atoms with van der Waals surface area (Å²) < 4.78 is 5.99. The van der Waals surface area contributed by atoms with Crippen molar-refractivity contribution in [3.63, 3.8) is 0 Å². The molecule has 5 heteroatoms. The van der Waals surface area contributed by atoms with Gasteiger partial charge in [0.15, 0.2) is 0 Å². The first kappa shape index (κ1) is 16.2. The number of thiophene rings is 1. The van der Waals surface area contributed by atoms with Crippen LogP contribution < -0.4 is 0 Å². The lowest BCUT2D eigenvalue weighted by atomic mass is 10.2. The second-order valence-corrected chi connectivity index (χ2v) is 6.29. The Morgan fingerprint density at radius 3 is 2.54 bits per heavy atom. The molecule has 0 spiro atoms. The first-order chi connectivity index (χ1) is 11.6. The Morgan fingerprint density at radius 2 is 1.88 bits per heavy atom. The number of benzene rings is 2. The van der Waals surface area contributed by atoms with Crippen molar-refractivity contribution in [3.8, 4) is 5.75 Å². The fourth-order valence-electron chi connectivity index (χ4n) is 2.41. The Balaban J connectivity index is 1.89. The summed E-state index contributed by atoms with van der Waals surface area (Å²) >= 11 is 1.51. The Labute approximate surface area is 144 Å². The molecule has 1 N–H and O–H groups in total. The van der Waals surface area contributed by atoms with Gasteiger partial charge in [-0.15, -0.1) is 11.3 Å². The second kappa shape index (κ2) is 6.84. The fraction of sp³-hybridized carbons (Fsp3) is 0.158. The smallest absolute Gasteiger partial charge is 0.338 e. The number of ether oxygens (including phenoxy) is 1. The molecular formula is C19H17NO3S. The van der Waals surface area contributed by atoms with Crippen molar-refractivity contribution in [3.05, 3.63) is 59.0 Å². The third kappa shape index (κ3) is 3.16. The van der Waals surface area contributed by atoms with E-state index in [0.717, 1.165) is 26.4 Å². The topological polar surface area (TPSA) is 58.9 Å². The van der Waals surface area contributed by atoms with Crippen molar-refractivity contribution < 1.29 is 14.6 Å². The zero-order valence-corrected chi connectivity index (χ0v) is 14.3. The monoisotopic (exact) mass is 339 g/mol. The van der Waals surface area contributed by atoms with Crippen LogP contribution in [0.25, 0.3) is 10.1 Å². The van der Waals surface area contributed by atoms with E-state index in [4.69, 9.17) is 4.74 Å². The second-order valence-electron chi connectivity index (χ2n) is 5.24. The van der Waals surface area contributed by atoms with Gasteiger partial charge in [-0.2, -0.15) is 0 Å². The number of esters is 1. The number of carbonyl (C=O) groups is 1. The molecule has 0 saturated heterocycles. The number of rotatable bonds is 4.